The van der Waals surface area contributed by atoms with E-state index in [9.17, 15) is 8.78 Å². The lowest BCUT2D eigenvalue weighted by Crippen LogP contribution is -2.34. The summed E-state index contributed by atoms with van der Waals surface area (Å²) in [7, 11) is 0. The van der Waals surface area contributed by atoms with Crippen LogP contribution in [0.15, 0.2) is 18.2 Å². The highest BCUT2D eigenvalue weighted by molar-refractivity contribution is 8.07. The molecule has 5 heteroatoms. The average Bonchev–Trinajstić information content (AvgIpc) is 2.29. The van der Waals surface area contributed by atoms with Crippen molar-refractivity contribution in [3.63, 3.8) is 0 Å². The van der Waals surface area contributed by atoms with Gasteiger partial charge in [-0.25, -0.2) is 8.78 Å². The molecule has 1 heterocycles. The Labute approximate surface area is 109 Å². The maximum Gasteiger partial charge on any atom is 0.130 e. The van der Waals surface area contributed by atoms with Crippen molar-refractivity contribution in [3.8, 4) is 0 Å². The molecule has 0 saturated carbocycles. The minimum absolute atomic E-state index is 0.189. The summed E-state index contributed by atoms with van der Waals surface area (Å²) in [4.78, 5) is 0. The molecule has 1 nitrogen and oxygen atoms in total. The zero-order valence-corrected chi connectivity index (χ0v) is 11.2. The molecule has 0 radical (unpaired) electrons. The van der Waals surface area contributed by atoms with E-state index in [4.69, 9.17) is 5.73 Å². The molecule has 1 saturated heterocycles. The second-order valence-corrected chi connectivity index (χ2v) is 6.87. The van der Waals surface area contributed by atoms with E-state index in [2.05, 4.69) is 6.92 Å². The molecule has 0 aromatic heterocycles. The lowest BCUT2D eigenvalue weighted by Gasteiger charge is -2.32. The quantitative estimate of drug-likeness (QED) is 0.897. The smallest absolute Gasteiger partial charge is 0.130 e. The first kappa shape index (κ1) is 13.2. The van der Waals surface area contributed by atoms with E-state index in [1.54, 1.807) is 11.8 Å². The van der Waals surface area contributed by atoms with Crippen LogP contribution in [0, 0.1) is 11.6 Å². The monoisotopic (exact) mass is 275 g/mol. The summed E-state index contributed by atoms with van der Waals surface area (Å²) < 4.78 is 26.5. The molecule has 2 rings (SSSR count). The van der Waals surface area contributed by atoms with Crippen LogP contribution in [0.4, 0.5) is 8.78 Å². The van der Waals surface area contributed by atoms with Gasteiger partial charge < -0.3 is 5.73 Å². The SMILES string of the molecule is CC1SCCSC1C(N)c1ccc(F)cc1F. The summed E-state index contributed by atoms with van der Waals surface area (Å²) in [6, 6.07) is 3.26. The van der Waals surface area contributed by atoms with Crippen molar-refractivity contribution in [2.75, 3.05) is 11.5 Å². The van der Waals surface area contributed by atoms with Crippen molar-refractivity contribution in [1.29, 1.82) is 0 Å². The predicted octanol–water partition coefficient (Wildman–Crippen LogP) is 3.20. The molecule has 3 unspecified atom stereocenters. The Morgan fingerprint density at radius 3 is 2.65 bits per heavy atom. The first-order chi connectivity index (χ1) is 8.09. The van der Waals surface area contributed by atoms with Gasteiger partial charge in [-0.3, -0.25) is 0 Å². The Morgan fingerprint density at radius 1 is 1.29 bits per heavy atom. The summed E-state index contributed by atoms with van der Waals surface area (Å²) >= 11 is 3.64. The second-order valence-electron chi connectivity index (χ2n) is 4.10. The summed E-state index contributed by atoms with van der Waals surface area (Å²) in [6.45, 7) is 2.11. The van der Waals surface area contributed by atoms with Crippen LogP contribution < -0.4 is 5.73 Å². The minimum atomic E-state index is -0.558. The maximum absolute atomic E-state index is 13.6. The van der Waals surface area contributed by atoms with Crippen LogP contribution in [0.3, 0.4) is 0 Å². The van der Waals surface area contributed by atoms with Gasteiger partial charge in [0.2, 0.25) is 0 Å². The molecular formula is C12H15F2NS2. The van der Waals surface area contributed by atoms with Crippen molar-refractivity contribution in [2.24, 2.45) is 5.73 Å². The van der Waals surface area contributed by atoms with Crippen LogP contribution >= 0.6 is 23.5 Å². The number of nitrogens with two attached hydrogens (primary N) is 1. The molecule has 1 aliphatic rings. The minimum Gasteiger partial charge on any atom is -0.323 e. The molecule has 1 aromatic carbocycles. The lowest BCUT2D eigenvalue weighted by atomic mass is 10.0. The number of rotatable bonds is 2. The van der Waals surface area contributed by atoms with Gasteiger partial charge in [0, 0.05) is 39.7 Å². The van der Waals surface area contributed by atoms with Crippen LogP contribution in [-0.2, 0) is 0 Å². The number of benzene rings is 1. The number of thioether (sulfide) groups is 2. The van der Waals surface area contributed by atoms with Crippen LogP contribution in [0.25, 0.3) is 0 Å². The zero-order chi connectivity index (χ0) is 12.4. The third-order valence-corrected chi connectivity index (χ3v) is 6.13. The first-order valence-electron chi connectivity index (χ1n) is 5.53. The molecule has 1 aromatic rings. The summed E-state index contributed by atoms with van der Waals surface area (Å²) in [6.07, 6.45) is 0. The van der Waals surface area contributed by atoms with Crippen molar-refractivity contribution in [1.82, 2.24) is 0 Å². The molecule has 2 N–H and O–H groups in total. The van der Waals surface area contributed by atoms with E-state index in [1.165, 1.54) is 12.1 Å². The predicted molar refractivity (Wildman–Crippen MR) is 71.5 cm³/mol. The summed E-state index contributed by atoms with van der Waals surface area (Å²) in [5, 5.41) is 0.585. The van der Waals surface area contributed by atoms with E-state index in [0.29, 0.717) is 10.8 Å². The van der Waals surface area contributed by atoms with E-state index < -0.39 is 11.6 Å². The fourth-order valence-corrected chi connectivity index (χ4v) is 4.86. The van der Waals surface area contributed by atoms with Gasteiger partial charge >= 0.3 is 0 Å². The van der Waals surface area contributed by atoms with Gasteiger partial charge in [0.15, 0.2) is 0 Å². The molecular weight excluding hydrogens is 260 g/mol. The Hall–Kier alpha value is -0.260. The molecule has 94 valence electrons. The average molecular weight is 275 g/mol. The Balaban J connectivity index is 2.20. The molecule has 1 aliphatic heterocycles. The standard InChI is InChI=1S/C12H15F2NS2/c1-7-12(17-5-4-16-7)11(15)9-3-2-8(13)6-10(9)14/h2-3,6-7,11-12H,4-5,15H2,1H3. The van der Waals surface area contributed by atoms with E-state index in [1.807, 2.05) is 11.8 Å². The van der Waals surface area contributed by atoms with Crippen LogP contribution in [0.1, 0.15) is 18.5 Å². The van der Waals surface area contributed by atoms with Gasteiger partial charge in [0.05, 0.1) is 0 Å². The van der Waals surface area contributed by atoms with Crippen LogP contribution in [0.5, 0.6) is 0 Å². The zero-order valence-electron chi connectivity index (χ0n) is 9.53. The number of hydrogen-bond acceptors (Lipinski definition) is 3. The molecule has 17 heavy (non-hydrogen) atoms. The van der Waals surface area contributed by atoms with Gasteiger partial charge in [0.1, 0.15) is 11.6 Å². The third-order valence-electron chi connectivity index (χ3n) is 2.91. The van der Waals surface area contributed by atoms with Crippen molar-refractivity contribution in [2.45, 2.75) is 23.5 Å². The van der Waals surface area contributed by atoms with Gasteiger partial charge in [-0.15, -0.1) is 0 Å². The fourth-order valence-electron chi connectivity index (χ4n) is 1.99. The van der Waals surface area contributed by atoms with Gasteiger partial charge in [-0.1, -0.05) is 13.0 Å². The van der Waals surface area contributed by atoms with Crippen LogP contribution in [-0.4, -0.2) is 22.0 Å². The highest BCUT2D eigenvalue weighted by atomic mass is 32.2. The Morgan fingerprint density at radius 2 is 2.00 bits per heavy atom. The topological polar surface area (TPSA) is 26.0 Å². The molecule has 0 aliphatic carbocycles. The molecule has 0 bridgehead atoms. The van der Waals surface area contributed by atoms with Crippen LogP contribution in [0.2, 0.25) is 0 Å². The highest BCUT2D eigenvalue weighted by Gasteiger charge is 2.30. The number of hydrogen-bond donors (Lipinski definition) is 1. The summed E-state index contributed by atoms with van der Waals surface area (Å²) in [5.41, 5.74) is 6.53. The fraction of sp³-hybridized carbons (Fsp3) is 0.500. The van der Waals surface area contributed by atoms with Gasteiger partial charge in [-0.05, 0) is 6.07 Å². The molecule has 1 fully saturated rings. The largest absolute Gasteiger partial charge is 0.323 e. The van der Waals surface area contributed by atoms with E-state index in [0.717, 1.165) is 17.6 Å². The lowest BCUT2D eigenvalue weighted by molar-refractivity contribution is 0.547. The number of halogens is 2. The molecule has 0 amide bonds. The van der Waals surface area contributed by atoms with Gasteiger partial charge in [-0.2, -0.15) is 23.5 Å². The van der Waals surface area contributed by atoms with E-state index >= 15 is 0 Å². The summed E-state index contributed by atoms with van der Waals surface area (Å²) in [5.74, 6) is 1.05. The van der Waals surface area contributed by atoms with Gasteiger partial charge in [0.25, 0.3) is 0 Å². The third kappa shape index (κ3) is 2.95. The second kappa shape index (κ2) is 5.59. The Bertz CT molecular complexity index is 400. The molecule has 0 spiro atoms. The normalized spacial score (nSPS) is 26.8. The van der Waals surface area contributed by atoms with Crippen molar-refractivity contribution >= 4 is 23.5 Å². The Kier molecular flexibility index (Phi) is 4.33. The highest BCUT2D eigenvalue weighted by Crippen LogP contribution is 2.38. The van der Waals surface area contributed by atoms with E-state index in [-0.39, 0.29) is 11.3 Å². The maximum atomic E-state index is 13.6. The first-order valence-corrected chi connectivity index (χ1v) is 7.63. The molecule has 3 atom stereocenters. The van der Waals surface area contributed by atoms with Crippen molar-refractivity contribution < 1.29 is 8.78 Å². The van der Waals surface area contributed by atoms with Crippen molar-refractivity contribution in [3.05, 3.63) is 35.4 Å².